The minimum absolute atomic E-state index is 0.0633. The molecule has 22 heavy (non-hydrogen) atoms. The number of anilines is 2. The highest BCUT2D eigenvalue weighted by Crippen LogP contribution is 2.27. The van der Waals surface area contributed by atoms with E-state index in [1.807, 2.05) is 66.7 Å². The van der Waals surface area contributed by atoms with Gasteiger partial charge in [0.25, 0.3) is 0 Å². The molecule has 0 aliphatic rings. The number of rotatable bonds is 3. The summed E-state index contributed by atoms with van der Waals surface area (Å²) in [5, 5.41) is 7.94. The molecule has 0 fully saturated rings. The van der Waals surface area contributed by atoms with E-state index in [4.69, 9.17) is 11.5 Å². The van der Waals surface area contributed by atoms with Crippen LogP contribution in [0, 0.1) is 0 Å². The van der Waals surface area contributed by atoms with Gasteiger partial charge >= 0.3 is 0 Å². The van der Waals surface area contributed by atoms with E-state index in [0.29, 0.717) is 5.69 Å². The summed E-state index contributed by atoms with van der Waals surface area (Å²) in [7, 11) is 0. The number of hydrogen-bond acceptors (Lipinski definition) is 5. The van der Waals surface area contributed by atoms with Gasteiger partial charge in [-0.15, -0.1) is 10.2 Å². The summed E-state index contributed by atoms with van der Waals surface area (Å²) in [6, 6.07) is 19.8. The van der Waals surface area contributed by atoms with Crippen molar-refractivity contribution in [2.24, 2.45) is 0 Å². The maximum Gasteiger partial charge on any atom is 0.242 e. The molecule has 0 saturated carbocycles. The first-order valence-corrected chi connectivity index (χ1v) is 6.82. The normalized spacial score (nSPS) is 11.4. The van der Waals surface area contributed by atoms with Crippen LogP contribution in [-0.2, 0) is 0 Å². The molecule has 1 aromatic heterocycles. The maximum absolute atomic E-state index is 5.98. The van der Waals surface area contributed by atoms with Crippen molar-refractivity contribution in [2.45, 2.75) is 0 Å². The zero-order valence-corrected chi connectivity index (χ0v) is 11.8. The van der Waals surface area contributed by atoms with Crippen molar-refractivity contribution >= 4 is 23.4 Å². The fourth-order valence-electron chi connectivity index (χ4n) is 2.17. The van der Waals surface area contributed by atoms with E-state index in [-0.39, 0.29) is 11.8 Å². The van der Waals surface area contributed by atoms with Crippen LogP contribution >= 0.6 is 0 Å². The largest absolute Gasteiger partial charge is 0.382 e. The molecule has 3 rings (SSSR count). The van der Waals surface area contributed by atoms with Gasteiger partial charge < -0.3 is 11.5 Å². The molecule has 2 aromatic carbocycles. The van der Waals surface area contributed by atoms with E-state index in [1.165, 1.54) is 0 Å². The van der Waals surface area contributed by atoms with Crippen LogP contribution in [0.4, 0.5) is 11.8 Å². The number of nitrogen functional groups attached to an aromatic ring is 2. The molecule has 3 aromatic rings. The van der Waals surface area contributed by atoms with Gasteiger partial charge in [-0.2, -0.15) is 4.98 Å². The Morgan fingerprint density at radius 1 is 0.818 bits per heavy atom. The van der Waals surface area contributed by atoms with Crippen molar-refractivity contribution in [3.8, 4) is 0 Å². The van der Waals surface area contributed by atoms with Gasteiger partial charge in [0.1, 0.15) is 5.69 Å². The van der Waals surface area contributed by atoms with Crippen LogP contribution in [0.3, 0.4) is 0 Å². The average molecular weight is 289 g/mol. The lowest BCUT2D eigenvalue weighted by Crippen LogP contribution is -2.07. The van der Waals surface area contributed by atoms with Crippen LogP contribution in [-0.4, -0.2) is 15.2 Å². The topological polar surface area (TPSA) is 90.7 Å². The van der Waals surface area contributed by atoms with E-state index in [2.05, 4.69) is 15.2 Å². The molecule has 0 radical (unpaired) electrons. The first kappa shape index (κ1) is 13.8. The SMILES string of the molecule is Nc1nnc(/C(=C/c2ccccc2)c2ccccc2)c(N)n1. The molecule has 0 bridgehead atoms. The monoisotopic (exact) mass is 289 g/mol. The zero-order chi connectivity index (χ0) is 15.4. The van der Waals surface area contributed by atoms with E-state index < -0.39 is 0 Å². The van der Waals surface area contributed by atoms with Crippen molar-refractivity contribution in [1.29, 1.82) is 0 Å². The van der Waals surface area contributed by atoms with Gasteiger partial charge in [0.05, 0.1) is 0 Å². The van der Waals surface area contributed by atoms with Gasteiger partial charge in [-0.25, -0.2) is 0 Å². The van der Waals surface area contributed by atoms with E-state index in [1.54, 1.807) is 0 Å². The lowest BCUT2D eigenvalue weighted by molar-refractivity contribution is 0.975. The summed E-state index contributed by atoms with van der Waals surface area (Å²) in [6.45, 7) is 0. The molecule has 108 valence electrons. The highest BCUT2D eigenvalue weighted by atomic mass is 15.2. The van der Waals surface area contributed by atoms with Crippen molar-refractivity contribution in [1.82, 2.24) is 15.2 Å². The first-order valence-electron chi connectivity index (χ1n) is 6.82. The first-order chi connectivity index (χ1) is 10.7. The molecule has 4 N–H and O–H groups in total. The highest BCUT2D eigenvalue weighted by Gasteiger charge is 2.12. The Balaban J connectivity index is 2.17. The minimum atomic E-state index is 0.0633. The number of nitrogens with zero attached hydrogens (tertiary/aromatic N) is 3. The molecular weight excluding hydrogens is 274 g/mol. The molecule has 5 heteroatoms. The minimum Gasteiger partial charge on any atom is -0.382 e. The molecule has 1 heterocycles. The van der Waals surface area contributed by atoms with Gasteiger partial charge in [0.15, 0.2) is 5.82 Å². The third-order valence-electron chi connectivity index (χ3n) is 3.18. The molecule has 0 unspecified atom stereocenters. The fraction of sp³-hybridized carbons (Fsp3) is 0. The third-order valence-corrected chi connectivity index (χ3v) is 3.18. The van der Waals surface area contributed by atoms with Gasteiger partial charge in [0, 0.05) is 5.57 Å². The Morgan fingerprint density at radius 2 is 1.45 bits per heavy atom. The summed E-state index contributed by atoms with van der Waals surface area (Å²) in [5.41, 5.74) is 14.9. The lowest BCUT2D eigenvalue weighted by atomic mass is 9.99. The van der Waals surface area contributed by atoms with Gasteiger partial charge in [-0.1, -0.05) is 60.7 Å². The summed E-state index contributed by atoms with van der Waals surface area (Å²) >= 11 is 0. The molecule has 5 nitrogen and oxygen atoms in total. The molecule has 0 aliphatic carbocycles. The van der Waals surface area contributed by atoms with Crippen molar-refractivity contribution in [2.75, 3.05) is 11.5 Å². The quantitative estimate of drug-likeness (QED) is 0.723. The Kier molecular flexibility index (Phi) is 3.78. The van der Waals surface area contributed by atoms with Gasteiger partial charge in [-0.3, -0.25) is 0 Å². The van der Waals surface area contributed by atoms with Crippen molar-refractivity contribution in [3.05, 3.63) is 77.5 Å². The van der Waals surface area contributed by atoms with E-state index >= 15 is 0 Å². The van der Waals surface area contributed by atoms with E-state index in [0.717, 1.165) is 16.7 Å². The molecular formula is C17H15N5. The van der Waals surface area contributed by atoms with Crippen LogP contribution in [0.5, 0.6) is 0 Å². The standard InChI is InChI=1S/C17H15N5/c18-16-15(21-22-17(19)20-16)14(13-9-5-2-6-10-13)11-12-7-3-1-4-8-12/h1-11H,(H4,18,19,20,22)/b14-11+. The van der Waals surface area contributed by atoms with Crippen LogP contribution < -0.4 is 11.5 Å². The Labute approximate surface area is 128 Å². The van der Waals surface area contributed by atoms with Gasteiger partial charge in [0.2, 0.25) is 5.95 Å². The molecule has 0 saturated heterocycles. The number of hydrogen-bond donors (Lipinski definition) is 2. The van der Waals surface area contributed by atoms with Crippen LogP contribution in [0.1, 0.15) is 16.8 Å². The molecule has 0 amide bonds. The second-order valence-corrected chi connectivity index (χ2v) is 4.74. The van der Waals surface area contributed by atoms with Gasteiger partial charge in [-0.05, 0) is 17.2 Å². The Hall–Kier alpha value is -3.21. The summed E-state index contributed by atoms with van der Waals surface area (Å²) in [4.78, 5) is 4.00. The van der Waals surface area contributed by atoms with Crippen LogP contribution in [0.25, 0.3) is 11.6 Å². The van der Waals surface area contributed by atoms with Crippen molar-refractivity contribution in [3.63, 3.8) is 0 Å². The summed E-state index contributed by atoms with van der Waals surface area (Å²) in [5.74, 6) is 0.326. The second-order valence-electron chi connectivity index (χ2n) is 4.74. The van der Waals surface area contributed by atoms with Crippen LogP contribution in [0.15, 0.2) is 60.7 Å². The smallest absolute Gasteiger partial charge is 0.242 e. The second kappa shape index (κ2) is 6.05. The highest BCUT2D eigenvalue weighted by molar-refractivity contribution is 5.92. The Bertz CT molecular complexity index is 798. The predicted molar refractivity (Wildman–Crippen MR) is 88.5 cm³/mol. The summed E-state index contributed by atoms with van der Waals surface area (Å²) in [6.07, 6.45) is 2.01. The third kappa shape index (κ3) is 2.93. The molecule has 0 spiro atoms. The zero-order valence-electron chi connectivity index (χ0n) is 11.8. The fourth-order valence-corrected chi connectivity index (χ4v) is 2.17. The maximum atomic E-state index is 5.98. The Morgan fingerprint density at radius 3 is 2.09 bits per heavy atom. The predicted octanol–water partition coefficient (Wildman–Crippen LogP) is 2.62. The van der Waals surface area contributed by atoms with Crippen molar-refractivity contribution < 1.29 is 0 Å². The number of benzene rings is 2. The average Bonchev–Trinajstić information content (AvgIpc) is 2.55. The van der Waals surface area contributed by atoms with Crippen LogP contribution in [0.2, 0.25) is 0 Å². The van der Waals surface area contributed by atoms with E-state index in [9.17, 15) is 0 Å². The lowest BCUT2D eigenvalue weighted by Gasteiger charge is -2.09. The summed E-state index contributed by atoms with van der Waals surface area (Å²) < 4.78 is 0. The molecule has 0 atom stereocenters. The molecule has 0 aliphatic heterocycles. The number of aromatic nitrogens is 3. The number of nitrogens with two attached hydrogens (primary N) is 2.